The molecule has 2 amide bonds. The molecule has 3 rings (SSSR count). The number of primary sulfonamides is 1. The Hall–Kier alpha value is -2.32. The monoisotopic (exact) mass is 349 g/mol. The summed E-state index contributed by atoms with van der Waals surface area (Å²) in [5.74, 6) is 0.747. The number of hydrogen-bond donors (Lipinski definition) is 2. The van der Waals surface area contributed by atoms with Crippen molar-refractivity contribution in [1.82, 2.24) is 4.90 Å². The molecule has 8 heteroatoms. The van der Waals surface area contributed by atoms with Gasteiger partial charge in [-0.15, -0.1) is 0 Å². The normalized spacial score (nSPS) is 17.9. The minimum absolute atomic E-state index is 0.00399. The Labute approximate surface area is 140 Å². The average Bonchev–Trinajstić information content (AvgIpc) is 3.18. The smallest absolute Gasteiger partial charge is 0.322 e. The van der Waals surface area contributed by atoms with Gasteiger partial charge in [0.05, 0.1) is 17.2 Å². The van der Waals surface area contributed by atoms with Crippen molar-refractivity contribution in [2.75, 3.05) is 11.9 Å². The fourth-order valence-electron chi connectivity index (χ4n) is 2.97. The van der Waals surface area contributed by atoms with E-state index in [0.717, 1.165) is 18.6 Å². The fourth-order valence-corrected chi connectivity index (χ4v) is 3.77. The molecule has 0 radical (unpaired) electrons. The van der Waals surface area contributed by atoms with Crippen molar-refractivity contribution in [1.29, 1.82) is 0 Å². The highest BCUT2D eigenvalue weighted by Gasteiger charge is 2.31. The van der Waals surface area contributed by atoms with Crippen molar-refractivity contribution in [3.63, 3.8) is 0 Å². The molecule has 2 heterocycles. The second-order valence-electron chi connectivity index (χ2n) is 5.82. The van der Waals surface area contributed by atoms with Gasteiger partial charge in [-0.25, -0.2) is 18.4 Å². The van der Waals surface area contributed by atoms with Crippen LogP contribution in [0.3, 0.4) is 0 Å². The van der Waals surface area contributed by atoms with Crippen molar-refractivity contribution in [2.24, 2.45) is 5.14 Å². The molecule has 1 aliphatic rings. The summed E-state index contributed by atoms with van der Waals surface area (Å²) in [6, 6.07) is 7.88. The van der Waals surface area contributed by atoms with Gasteiger partial charge in [0.2, 0.25) is 10.0 Å². The summed E-state index contributed by atoms with van der Waals surface area (Å²) in [4.78, 5) is 14.3. The lowest BCUT2D eigenvalue weighted by Crippen LogP contribution is -2.34. The Bertz CT molecular complexity index is 846. The SMILES string of the molecule is Cc1ccc(NC(=O)N2CCCC2c2ccco2)cc1S(N)(=O)=O. The summed E-state index contributed by atoms with van der Waals surface area (Å²) < 4.78 is 28.6. The number of amides is 2. The van der Waals surface area contributed by atoms with Gasteiger partial charge in [-0.1, -0.05) is 6.07 Å². The predicted octanol–water partition coefficient (Wildman–Crippen LogP) is 2.60. The van der Waals surface area contributed by atoms with Gasteiger partial charge < -0.3 is 14.6 Å². The van der Waals surface area contributed by atoms with Crippen molar-refractivity contribution in [3.8, 4) is 0 Å². The lowest BCUT2D eigenvalue weighted by atomic mass is 10.2. The average molecular weight is 349 g/mol. The van der Waals surface area contributed by atoms with Crippen LogP contribution in [-0.2, 0) is 10.0 Å². The molecular formula is C16H19N3O4S. The van der Waals surface area contributed by atoms with Gasteiger partial charge in [-0.3, -0.25) is 0 Å². The van der Waals surface area contributed by atoms with Crippen LogP contribution in [-0.4, -0.2) is 25.9 Å². The number of urea groups is 1. The summed E-state index contributed by atoms with van der Waals surface area (Å²) in [6.07, 6.45) is 3.30. The van der Waals surface area contributed by atoms with E-state index in [1.807, 2.05) is 6.07 Å². The van der Waals surface area contributed by atoms with Gasteiger partial charge in [0, 0.05) is 12.2 Å². The number of rotatable bonds is 3. The predicted molar refractivity (Wildman–Crippen MR) is 89.0 cm³/mol. The van der Waals surface area contributed by atoms with E-state index in [2.05, 4.69) is 5.32 Å². The quantitative estimate of drug-likeness (QED) is 0.888. The number of nitrogens with one attached hydrogen (secondary N) is 1. The molecule has 128 valence electrons. The van der Waals surface area contributed by atoms with Crippen LogP contribution >= 0.6 is 0 Å². The zero-order valence-corrected chi connectivity index (χ0v) is 14.0. The number of benzene rings is 1. The summed E-state index contributed by atoms with van der Waals surface area (Å²) >= 11 is 0. The molecule has 7 nitrogen and oxygen atoms in total. The minimum atomic E-state index is -3.84. The molecule has 1 saturated heterocycles. The first-order valence-corrected chi connectivity index (χ1v) is 9.15. The highest BCUT2D eigenvalue weighted by atomic mass is 32.2. The number of likely N-dealkylation sites (tertiary alicyclic amines) is 1. The third-order valence-corrected chi connectivity index (χ3v) is 5.18. The van der Waals surface area contributed by atoms with Gasteiger partial charge in [0.25, 0.3) is 0 Å². The number of carbonyl (C=O) groups is 1. The van der Waals surface area contributed by atoms with Crippen LogP contribution in [0.15, 0.2) is 45.9 Å². The fraction of sp³-hybridized carbons (Fsp3) is 0.312. The van der Waals surface area contributed by atoms with Gasteiger partial charge >= 0.3 is 6.03 Å². The molecule has 24 heavy (non-hydrogen) atoms. The summed E-state index contributed by atoms with van der Waals surface area (Å²) in [5, 5.41) is 7.94. The Morgan fingerprint density at radius 1 is 1.38 bits per heavy atom. The Morgan fingerprint density at radius 2 is 2.17 bits per heavy atom. The first-order chi connectivity index (χ1) is 11.4. The van der Waals surface area contributed by atoms with E-state index in [4.69, 9.17) is 9.56 Å². The molecule has 0 spiro atoms. The van der Waals surface area contributed by atoms with Crippen LogP contribution in [0.25, 0.3) is 0 Å². The molecule has 1 atom stereocenters. The zero-order chi connectivity index (χ0) is 17.3. The summed E-state index contributed by atoms with van der Waals surface area (Å²) in [7, 11) is -3.84. The number of aryl methyl sites for hydroxylation is 1. The molecule has 1 aromatic heterocycles. The van der Waals surface area contributed by atoms with E-state index < -0.39 is 10.0 Å². The topological polar surface area (TPSA) is 106 Å². The summed E-state index contributed by atoms with van der Waals surface area (Å²) in [5.41, 5.74) is 0.921. The van der Waals surface area contributed by atoms with Crippen molar-refractivity contribution in [2.45, 2.75) is 30.7 Å². The first-order valence-electron chi connectivity index (χ1n) is 7.61. The lowest BCUT2D eigenvalue weighted by Gasteiger charge is -2.23. The third-order valence-electron chi connectivity index (χ3n) is 4.13. The molecule has 0 saturated carbocycles. The van der Waals surface area contributed by atoms with E-state index in [9.17, 15) is 13.2 Å². The number of nitrogens with two attached hydrogens (primary N) is 1. The van der Waals surface area contributed by atoms with E-state index in [1.165, 1.54) is 6.07 Å². The van der Waals surface area contributed by atoms with Crippen LogP contribution in [0, 0.1) is 6.92 Å². The molecule has 3 N–H and O–H groups in total. The van der Waals surface area contributed by atoms with E-state index in [1.54, 1.807) is 36.3 Å². The van der Waals surface area contributed by atoms with Gasteiger partial charge in [0.1, 0.15) is 5.76 Å². The van der Waals surface area contributed by atoms with Crippen LogP contribution in [0.1, 0.15) is 30.2 Å². The second kappa shape index (κ2) is 6.29. The Balaban J connectivity index is 1.80. The maximum atomic E-state index is 12.6. The lowest BCUT2D eigenvalue weighted by molar-refractivity contribution is 0.200. The van der Waals surface area contributed by atoms with Crippen LogP contribution in [0.4, 0.5) is 10.5 Å². The number of nitrogens with zero attached hydrogens (tertiary/aromatic N) is 1. The number of anilines is 1. The zero-order valence-electron chi connectivity index (χ0n) is 13.2. The molecule has 1 aromatic carbocycles. The second-order valence-corrected chi connectivity index (χ2v) is 7.35. The standard InChI is InChI=1S/C16H19N3O4S/c1-11-6-7-12(10-15(11)24(17,21)22)18-16(20)19-8-2-4-13(19)14-5-3-9-23-14/h3,5-7,9-10,13H,2,4,8H2,1H3,(H,18,20)(H2,17,21,22). The van der Waals surface area contributed by atoms with Crippen LogP contribution in [0.5, 0.6) is 0 Å². The highest BCUT2D eigenvalue weighted by molar-refractivity contribution is 7.89. The molecular weight excluding hydrogens is 330 g/mol. The minimum Gasteiger partial charge on any atom is -0.467 e. The number of furan rings is 1. The summed E-state index contributed by atoms with van der Waals surface area (Å²) in [6.45, 7) is 2.27. The van der Waals surface area contributed by atoms with E-state index >= 15 is 0 Å². The van der Waals surface area contributed by atoms with Crippen molar-refractivity contribution in [3.05, 3.63) is 47.9 Å². The molecule has 1 fully saturated rings. The number of sulfonamides is 1. The number of carbonyl (C=O) groups excluding carboxylic acids is 1. The van der Waals surface area contributed by atoms with Gasteiger partial charge in [-0.2, -0.15) is 0 Å². The van der Waals surface area contributed by atoms with Crippen LogP contribution in [0.2, 0.25) is 0 Å². The van der Waals surface area contributed by atoms with Gasteiger partial charge in [-0.05, 0) is 49.6 Å². The van der Waals surface area contributed by atoms with Crippen LogP contribution < -0.4 is 10.5 Å². The molecule has 1 aliphatic heterocycles. The largest absolute Gasteiger partial charge is 0.467 e. The maximum absolute atomic E-state index is 12.6. The number of hydrogen-bond acceptors (Lipinski definition) is 4. The highest BCUT2D eigenvalue weighted by Crippen LogP contribution is 2.32. The van der Waals surface area contributed by atoms with Crippen molar-refractivity contribution < 1.29 is 17.6 Å². The first kappa shape index (κ1) is 16.5. The molecule has 1 unspecified atom stereocenters. The third kappa shape index (κ3) is 3.29. The Kier molecular flexibility index (Phi) is 4.33. The van der Waals surface area contributed by atoms with Gasteiger partial charge in [0.15, 0.2) is 0 Å². The van der Waals surface area contributed by atoms with E-state index in [-0.39, 0.29) is 17.0 Å². The molecule has 0 bridgehead atoms. The molecule has 0 aliphatic carbocycles. The van der Waals surface area contributed by atoms with E-state index in [0.29, 0.717) is 17.8 Å². The maximum Gasteiger partial charge on any atom is 0.322 e. The Morgan fingerprint density at radius 3 is 2.83 bits per heavy atom. The van der Waals surface area contributed by atoms with Crippen molar-refractivity contribution >= 4 is 21.7 Å². The molecule has 2 aromatic rings.